The number of aromatic hydroxyl groups is 1. The van der Waals surface area contributed by atoms with E-state index in [-0.39, 0.29) is 24.1 Å². The molecule has 1 aliphatic rings. The number of rotatable bonds is 3. The summed E-state index contributed by atoms with van der Waals surface area (Å²) in [5.41, 5.74) is 6.47. The van der Waals surface area contributed by atoms with Crippen molar-refractivity contribution in [3.8, 4) is 5.75 Å². The second-order valence-electron chi connectivity index (χ2n) is 4.41. The zero-order valence-corrected chi connectivity index (χ0v) is 10.9. The molecule has 4 N–H and O–H groups in total. The number of halogens is 2. The topological polar surface area (TPSA) is 66.5 Å². The Labute approximate surface area is 112 Å². The Kier molecular flexibility index (Phi) is 5.07. The van der Waals surface area contributed by atoms with Crippen molar-refractivity contribution in [2.75, 3.05) is 0 Å². The van der Waals surface area contributed by atoms with Crippen LogP contribution < -0.4 is 5.73 Å². The lowest BCUT2D eigenvalue weighted by molar-refractivity contribution is 0.0408. The van der Waals surface area contributed by atoms with Gasteiger partial charge < -0.3 is 15.9 Å². The van der Waals surface area contributed by atoms with Crippen molar-refractivity contribution in [3.63, 3.8) is 0 Å². The summed E-state index contributed by atoms with van der Waals surface area (Å²) in [6.45, 7) is 0. The van der Waals surface area contributed by atoms with Gasteiger partial charge in [-0.1, -0.05) is 18.0 Å². The van der Waals surface area contributed by atoms with E-state index in [0.717, 1.165) is 19.3 Å². The highest BCUT2D eigenvalue weighted by Crippen LogP contribution is 2.36. The van der Waals surface area contributed by atoms with E-state index in [1.54, 1.807) is 12.1 Å². The van der Waals surface area contributed by atoms with Crippen LogP contribution in [0.15, 0.2) is 18.2 Å². The Morgan fingerprint density at radius 2 is 2.00 bits per heavy atom. The van der Waals surface area contributed by atoms with Gasteiger partial charge in [-0.05, 0) is 37.0 Å². The first-order valence-electron chi connectivity index (χ1n) is 5.51. The summed E-state index contributed by atoms with van der Waals surface area (Å²) in [6, 6.07) is 4.15. The number of nitrogens with two attached hydrogens (primary N) is 1. The molecule has 0 unspecified atom stereocenters. The van der Waals surface area contributed by atoms with Crippen LogP contribution in [0.1, 0.15) is 30.9 Å². The average molecular weight is 278 g/mol. The number of aliphatic hydroxyl groups excluding tert-OH is 1. The second-order valence-corrected chi connectivity index (χ2v) is 4.85. The van der Waals surface area contributed by atoms with E-state index < -0.39 is 12.1 Å². The number of benzene rings is 1. The molecule has 2 rings (SSSR count). The van der Waals surface area contributed by atoms with Gasteiger partial charge in [0, 0.05) is 10.6 Å². The predicted octanol–water partition coefficient (Wildman–Crippen LogP) is 2.63. The first-order valence-corrected chi connectivity index (χ1v) is 5.89. The van der Waals surface area contributed by atoms with E-state index in [4.69, 9.17) is 17.3 Å². The third-order valence-corrected chi connectivity index (χ3v) is 3.58. The van der Waals surface area contributed by atoms with E-state index in [9.17, 15) is 10.2 Å². The molecule has 0 spiro atoms. The van der Waals surface area contributed by atoms with Crippen molar-refractivity contribution in [2.45, 2.75) is 31.4 Å². The summed E-state index contributed by atoms with van der Waals surface area (Å²) in [5.74, 6) is 0.351. The van der Waals surface area contributed by atoms with E-state index in [2.05, 4.69) is 0 Å². The highest BCUT2D eigenvalue weighted by molar-refractivity contribution is 6.30. The first-order chi connectivity index (χ1) is 7.59. The summed E-state index contributed by atoms with van der Waals surface area (Å²) in [4.78, 5) is 0. The molecule has 0 heterocycles. The van der Waals surface area contributed by atoms with Crippen molar-refractivity contribution in [2.24, 2.45) is 11.7 Å². The number of hydrogen-bond acceptors (Lipinski definition) is 3. The maximum absolute atomic E-state index is 10.0. The lowest BCUT2D eigenvalue weighted by Crippen LogP contribution is -2.36. The Morgan fingerprint density at radius 3 is 2.53 bits per heavy atom. The number of aliphatic hydroxyl groups is 1. The molecule has 1 fully saturated rings. The molecule has 0 radical (unpaired) electrons. The minimum atomic E-state index is -0.599. The monoisotopic (exact) mass is 277 g/mol. The molecule has 1 saturated carbocycles. The summed E-state index contributed by atoms with van der Waals surface area (Å²) in [5, 5.41) is 20.2. The zero-order valence-electron chi connectivity index (χ0n) is 9.34. The lowest BCUT2D eigenvalue weighted by Gasteiger charge is -2.34. The Morgan fingerprint density at radius 1 is 1.35 bits per heavy atom. The molecule has 0 bridgehead atoms. The van der Waals surface area contributed by atoms with Crippen molar-refractivity contribution in [1.29, 1.82) is 0 Å². The van der Waals surface area contributed by atoms with E-state index >= 15 is 0 Å². The summed E-state index contributed by atoms with van der Waals surface area (Å²) >= 11 is 5.84. The van der Waals surface area contributed by atoms with Crippen LogP contribution in [0.5, 0.6) is 5.75 Å². The van der Waals surface area contributed by atoms with Crippen LogP contribution >= 0.6 is 24.0 Å². The lowest BCUT2D eigenvalue weighted by atomic mass is 9.77. The molecule has 1 aliphatic carbocycles. The van der Waals surface area contributed by atoms with Crippen LogP contribution in [0.3, 0.4) is 0 Å². The van der Waals surface area contributed by atoms with Gasteiger partial charge in [0.05, 0.1) is 12.1 Å². The zero-order chi connectivity index (χ0) is 11.7. The van der Waals surface area contributed by atoms with Crippen LogP contribution in [-0.4, -0.2) is 16.3 Å². The van der Waals surface area contributed by atoms with Crippen molar-refractivity contribution >= 4 is 24.0 Å². The van der Waals surface area contributed by atoms with Crippen molar-refractivity contribution < 1.29 is 10.2 Å². The molecule has 17 heavy (non-hydrogen) atoms. The largest absolute Gasteiger partial charge is 0.508 e. The normalized spacial score (nSPS) is 19.0. The average Bonchev–Trinajstić information content (AvgIpc) is 2.18. The van der Waals surface area contributed by atoms with Crippen LogP contribution in [-0.2, 0) is 0 Å². The molecule has 1 aromatic carbocycles. The van der Waals surface area contributed by atoms with Crippen molar-refractivity contribution in [3.05, 3.63) is 28.8 Å². The van der Waals surface area contributed by atoms with Gasteiger partial charge in [-0.15, -0.1) is 12.4 Å². The molecule has 96 valence electrons. The Bertz CT molecular complexity index is 383. The van der Waals surface area contributed by atoms with Gasteiger partial charge in [-0.3, -0.25) is 0 Å². The summed E-state index contributed by atoms with van der Waals surface area (Å²) < 4.78 is 0. The highest BCUT2D eigenvalue weighted by Gasteiger charge is 2.31. The molecular formula is C12H17Cl2NO2. The quantitative estimate of drug-likeness (QED) is 0.796. The Hall–Kier alpha value is -0.480. The molecule has 0 aromatic heterocycles. The summed E-state index contributed by atoms with van der Waals surface area (Å²) in [7, 11) is 0. The van der Waals surface area contributed by atoms with E-state index in [1.807, 2.05) is 0 Å². The van der Waals surface area contributed by atoms with E-state index in [0.29, 0.717) is 10.6 Å². The molecule has 0 aliphatic heterocycles. The highest BCUT2D eigenvalue weighted by atomic mass is 35.5. The maximum atomic E-state index is 10.0. The van der Waals surface area contributed by atoms with Crippen LogP contribution in [0.4, 0.5) is 0 Å². The van der Waals surface area contributed by atoms with Crippen LogP contribution in [0.2, 0.25) is 5.02 Å². The van der Waals surface area contributed by atoms with Gasteiger partial charge in [-0.25, -0.2) is 0 Å². The third-order valence-electron chi connectivity index (χ3n) is 3.35. The van der Waals surface area contributed by atoms with Gasteiger partial charge in [0.2, 0.25) is 0 Å². The van der Waals surface area contributed by atoms with Crippen LogP contribution in [0, 0.1) is 5.92 Å². The molecule has 0 saturated heterocycles. The predicted molar refractivity (Wildman–Crippen MR) is 70.6 cm³/mol. The fourth-order valence-corrected chi connectivity index (χ4v) is 2.23. The minimum Gasteiger partial charge on any atom is -0.508 e. The van der Waals surface area contributed by atoms with Gasteiger partial charge in [-0.2, -0.15) is 0 Å². The molecule has 1 aromatic rings. The van der Waals surface area contributed by atoms with Gasteiger partial charge in [0.1, 0.15) is 5.75 Å². The van der Waals surface area contributed by atoms with Crippen molar-refractivity contribution in [1.82, 2.24) is 0 Å². The van der Waals surface area contributed by atoms with E-state index in [1.165, 1.54) is 6.07 Å². The Balaban J connectivity index is 0.00000144. The molecule has 5 heteroatoms. The standard InChI is InChI=1S/C12H16ClNO2.ClH/c13-8-4-5-10(15)9(6-8)11(14)12(16)7-2-1-3-7;/h4-7,11-12,15-16H,1-3,14H2;1H/t11-,12+;/m1./s1. The number of hydrogen-bond donors (Lipinski definition) is 3. The smallest absolute Gasteiger partial charge is 0.120 e. The SMILES string of the molecule is Cl.N[C@H](c1cc(Cl)ccc1O)[C@@H](O)C1CCC1. The fourth-order valence-electron chi connectivity index (χ4n) is 2.05. The minimum absolute atomic E-state index is 0. The van der Waals surface area contributed by atoms with Gasteiger partial charge >= 0.3 is 0 Å². The second kappa shape index (κ2) is 5.91. The summed E-state index contributed by atoms with van der Waals surface area (Å²) in [6.07, 6.45) is 2.57. The van der Waals surface area contributed by atoms with Crippen LogP contribution in [0.25, 0.3) is 0 Å². The molecule has 0 amide bonds. The molecular weight excluding hydrogens is 261 g/mol. The number of phenolic OH excluding ortho intramolecular Hbond substituents is 1. The molecule has 3 nitrogen and oxygen atoms in total. The van der Waals surface area contributed by atoms with Gasteiger partial charge in [0.25, 0.3) is 0 Å². The maximum Gasteiger partial charge on any atom is 0.120 e. The first kappa shape index (κ1) is 14.6. The fraction of sp³-hybridized carbons (Fsp3) is 0.500. The number of phenols is 1. The molecule has 2 atom stereocenters. The third kappa shape index (κ3) is 3.05. The van der Waals surface area contributed by atoms with Gasteiger partial charge in [0.15, 0.2) is 0 Å².